The molecule has 1 aromatic carbocycles. The summed E-state index contributed by atoms with van der Waals surface area (Å²) in [7, 11) is 3.06. The van der Waals surface area contributed by atoms with Gasteiger partial charge in [-0.3, -0.25) is 14.3 Å². The first-order chi connectivity index (χ1) is 14.8. The number of aromatic nitrogens is 4. The maximum Gasteiger partial charge on any atom is 0.331 e. The summed E-state index contributed by atoms with van der Waals surface area (Å²) < 4.78 is 13.2. The van der Waals surface area contributed by atoms with Crippen LogP contribution in [0.2, 0.25) is 0 Å². The van der Waals surface area contributed by atoms with Crippen LogP contribution in [0.4, 0.5) is 0 Å². The van der Waals surface area contributed by atoms with E-state index in [4.69, 9.17) is 9.47 Å². The number of rotatable bonds is 8. The van der Waals surface area contributed by atoms with Crippen LogP contribution in [0.25, 0.3) is 17.2 Å². The van der Waals surface area contributed by atoms with Gasteiger partial charge < -0.3 is 19.1 Å². The Kier molecular flexibility index (Phi) is 6.58. The number of carbonyl (C=O) groups is 1. The molecule has 0 spiro atoms. The zero-order chi connectivity index (χ0) is 22.5. The van der Waals surface area contributed by atoms with Crippen molar-refractivity contribution in [3.05, 3.63) is 56.5 Å². The third-order valence-corrected chi connectivity index (χ3v) is 4.80. The number of fused-ring (bicyclic) bond motifs is 1. The SMILES string of the molecule is CCCCn1c(=O)[nH]c(=O)c2c1nc(COC(=O)/C=C/c1ccc(O)c(OC)c1)n2C. The third kappa shape index (κ3) is 4.68. The molecule has 164 valence electrons. The second-order valence-corrected chi connectivity index (χ2v) is 6.90. The number of esters is 1. The van der Waals surface area contributed by atoms with Crippen molar-refractivity contribution in [2.24, 2.45) is 7.05 Å². The smallest absolute Gasteiger partial charge is 0.331 e. The van der Waals surface area contributed by atoms with Crippen LogP contribution >= 0.6 is 0 Å². The summed E-state index contributed by atoms with van der Waals surface area (Å²) in [4.78, 5) is 43.2. The van der Waals surface area contributed by atoms with Crippen LogP contribution in [0.3, 0.4) is 0 Å². The number of benzene rings is 1. The quantitative estimate of drug-likeness (QED) is 0.413. The summed E-state index contributed by atoms with van der Waals surface area (Å²) in [5.74, 6) is 0.00631. The van der Waals surface area contributed by atoms with E-state index < -0.39 is 17.2 Å². The van der Waals surface area contributed by atoms with Gasteiger partial charge >= 0.3 is 11.7 Å². The number of aryl methyl sites for hydroxylation is 2. The molecule has 10 nitrogen and oxygen atoms in total. The van der Waals surface area contributed by atoms with E-state index >= 15 is 0 Å². The standard InChI is InChI=1S/C21H24N4O6/c1-4-5-10-25-19-18(20(28)23-21(25)29)24(2)16(22-19)12-31-17(27)9-7-13-6-8-14(26)15(11-13)30-3/h6-9,11,26H,4-5,10,12H2,1-3H3,(H,23,28,29)/b9-7+. The van der Waals surface area contributed by atoms with Gasteiger partial charge in [0, 0.05) is 19.7 Å². The van der Waals surface area contributed by atoms with Gasteiger partial charge in [-0.25, -0.2) is 14.6 Å². The largest absolute Gasteiger partial charge is 0.504 e. The molecule has 0 unspecified atom stereocenters. The first kappa shape index (κ1) is 21.9. The summed E-state index contributed by atoms with van der Waals surface area (Å²) in [5, 5.41) is 9.62. The summed E-state index contributed by atoms with van der Waals surface area (Å²) >= 11 is 0. The van der Waals surface area contributed by atoms with E-state index in [0.717, 1.165) is 12.8 Å². The molecule has 0 aliphatic rings. The molecular formula is C21H24N4O6. The fraction of sp³-hybridized carbons (Fsp3) is 0.333. The molecule has 0 atom stereocenters. The first-order valence-corrected chi connectivity index (χ1v) is 9.76. The zero-order valence-electron chi connectivity index (χ0n) is 17.5. The minimum absolute atomic E-state index is 0.00326. The first-order valence-electron chi connectivity index (χ1n) is 9.76. The Hall–Kier alpha value is -3.82. The Bertz CT molecular complexity index is 1250. The predicted molar refractivity (Wildman–Crippen MR) is 114 cm³/mol. The Balaban J connectivity index is 1.78. The molecule has 2 aromatic heterocycles. The molecule has 0 amide bonds. The number of aromatic hydroxyl groups is 1. The molecule has 0 saturated heterocycles. The van der Waals surface area contributed by atoms with Crippen LogP contribution in [0.5, 0.6) is 11.5 Å². The molecule has 2 N–H and O–H groups in total. The number of hydrogen-bond acceptors (Lipinski definition) is 7. The van der Waals surface area contributed by atoms with Gasteiger partial charge in [0.05, 0.1) is 7.11 Å². The lowest BCUT2D eigenvalue weighted by Gasteiger charge is -2.04. The highest BCUT2D eigenvalue weighted by molar-refractivity contribution is 5.87. The van der Waals surface area contributed by atoms with E-state index in [1.54, 1.807) is 19.2 Å². The van der Waals surface area contributed by atoms with Gasteiger partial charge in [0.15, 0.2) is 22.7 Å². The highest BCUT2D eigenvalue weighted by Gasteiger charge is 2.17. The summed E-state index contributed by atoms with van der Waals surface area (Å²) in [6, 6.07) is 4.65. The van der Waals surface area contributed by atoms with Gasteiger partial charge in [-0.1, -0.05) is 19.4 Å². The number of methoxy groups -OCH3 is 1. The van der Waals surface area contributed by atoms with Crippen molar-refractivity contribution in [1.29, 1.82) is 0 Å². The van der Waals surface area contributed by atoms with Crippen LogP contribution in [0.1, 0.15) is 31.2 Å². The van der Waals surface area contributed by atoms with E-state index in [9.17, 15) is 19.5 Å². The van der Waals surface area contributed by atoms with Crippen molar-refractivity contribution in [1.82, 2.24) is 19.1 Å². The number of nitrogens with one attached hydrogen (secondary N) is 1. The van der Waals surface area contributed by atoms with Crippen LogP contribution in [-0.2, 0) is 29.7 Å². The van der Waals surface area contributed by atoms with Crippen molar-refractivity contribution >= 4 is 23.2 Å². The Morgan fingerprint density at radius 2 is 2.10 bits per heavy atom. The number of carbonyl (C=O) groups excluding carboxylic acids is 1. The molecule has 0 bridgehead atoms. The molecule has 3 rings (SSSR count). The Morgan fingerprint density at radius 3 is 2.81 bits per heavy atom. The molecule has 0 saturated carbocycles. The molecule has 31 heavy (non-hydrogen) atoms. The fourth-order valence-corrected chi connectivity index (χ4v) is 3.09. The number of phenols is 1. The summed E-state index contributed by atoms with van der Waals surface area (Å²) in [6.07, 6.45) is 4.39. The van der Waals surface area contributed by atoms with E-state index in [1.807, 2.05) is 6.92 Å². The minimum Gasteiger partial charge on any atom is -0.504 e. The van der Waals surface area contributed by atoms with Crippen LogP contribution in [-0.4, -0.2) is 37.3 Å². The predicted octanol–water partition coefficient (Wildman–Crippen LogP) is 1.69. The van der Waals surface area contributed by atoms with E-state index in [-0.39, 0.29) is 29.3 Å². The molecule has 10 heteroatoms. The van der Waals surface area contributed by atoms with Crippen molar-refractivity contribution < 1.29 is 19.4 Å². The Labute approximate surface area is 177 Å². The van der Waals surface area contributed by atoms with Crippen molar-refractivity contribution in [3.8, 4) is 11.5 Å². The number of unbranched alkanes of at least 4 members (excludes halogenated alkanes) is 1. The van der Waals surface area contributed by atoms with Crippen LogP contribution in [0, 0.1) is 0 Å². The molecule has 2 heterocycles. The summed E-state index contributed by atoms with van der Waals surface area (Å²) in [5.41, 5.74) is 0.0955. The summed E-state index contributed by atoms with van der Waals surface area (Å²) in [6.45, 7) is 2.26. The number of phenolic OH excluding ortho intramolecular Hbond substituents is 1. The second kappa shape index (κ2) is 9.33. The van der Waals surface area contributed by atoms with Crippen LogP contribution in [0.15, 0.2) is 33.9 Å². The average molecular weight is 428 g/mol. The van der Waals surface area contributed by atoms with Crippen molar-refractivity contribution in [2.45, 2.75) is 32.9 Å². The van der Waals surface area contributed by atoms with Crippen LogP contribution < -0.4 is 16.0 Å². The topological polar surface area (TPSA) is 128 Å². The molecule has 0 radical (unpaired) electrons. The lowest BCUT2D eigenvalue weighted by Crippen LogP contribution is -2.31. The molecular weight excluding hydrogens is 404 g/mol. The highest BCUT2D eigenvalue weighted by atomic mass is 16.5. The lowest BCUT2D eigenvalue weighted by molar-refractivity contribution is -0.139. The molecule has 0 aliphatic heterocycles. The average Bonchev–Trinajstić information content (AvgIpc) is 3.08. The maximum absolute atomic E-state index is 12.3. The van der Waals surface area contributed by atoms with E-state index in [2.05, 4.69) is 9.97 Å². The third-order valence-electron chi connectivity index (χ3n) is 4.80. The van der Waals surface area contributed by atoms with Crippen molar-refractivity contribution in [3.63, 3.8) is 0 Å². The van der Waals surface area contributed by atoms with Gasteiger partial charge in [-0.05, 0) is 30.2 Å². The number of hydrogen-bond donors (Lipinski definition) is 2. The van der Waals surface area contributed by atoms with Gasteiger partial charge in [0.1, 0.15) is 12.4 Å². The number of nitrogens with zero attached hydrogens (tertiary/aromatic N) is 3. The molecule has 0 aliphatic carbocycles. The minimum atomic E-state index is -0.614. The van der Waals surface area contributed by atoms with Gasteiger partial charge in [0.2, 0.25) is 0 Å². The zero-order valence-corrected chi connectivity index (χ0v) is 17.5. The van der Waals surface area contributed by atoms with Gasteiger partial charge in [0.25, 0.3) is 5.56 Å². The normalized spacial score (nSPS) is 11.3. The van der Waals surface area contributed by atoms with Gasteiger partial charge in [-0.15, -0.1) is 0 Å². The number of H-pyrrole nitrogens is 1. The number of ether oxygens (including phenoxy) is 2. The maximum atomic E-state index is 12.3. The second-order valence-electron chi connectivity index (χ2n) is 6.90. The van der Waals surface area contributed by atoms with Crippen molar-refractivity contribution in [2.75, 3.05) is 7.11 Å². The highest BCUT2D eigenvalue weighted by Crippen LogP contribution is 2.26. The molecule has 3 aromatic rings. The monoisotopic (exact) mass is 428 g/mol. The fourth-order valence-electron chi connectivity index (χ4n) is 3.09. The Morgan fingerprint density at radius 1 is 1.32 bits per heavy atom. The molecule has 0 fully saturated rings. The van der Waals surface area contributed by atoms with Gasteiger partial charge in [-0.2, -0.15) is 0 Å². The van der Waals surface area contributed by atoms with E-state index in [1.165, 1.54) is 34.5 Å². The van der Waals surface area contributed by atoms with E-state index in [0.29, 0.717) is 17.9 Å². The number of imidazole rings is 1. The number of aromatic amines is 1. The lowest BCUT2D eigenvalue weighted by atomic mass is 10.2.